The molecule has 0 aliphatic carbocycles. The van der Waals surface area contributed by atoms with E-state index in [1.165, 1.54) is 11.1 Å². The van der Waals surface area contributed by atoms with E-state index in [2.05, 4.69) is 54.0 Å². The van der Waals surface area contributed by atoms with Crippen LogP contribution < -0.4 is 0 Å². The van der Waals surface area contributed by atoms with E-state index in [1.807, 2.05) is 0 Å². The number of aryl methyl sites for hydroxylation is 1. The summed E-state index contributed by atoms with van der Waals surface area (Å²) in [6.45, 7) is 4.46. The van der Waals surface area contributed by atoms with Crippen molar-refractivity contribution >= 4 is 15.9 Å². The smallest absolute Gasteiger partial charge is 0.00976 e. The summed E-state index contributed by atoms with van der Waals surface area (Å²) in [6.07, 6.45) is 1.13. The van der Waals surface area contributed by atoms with Crippen molar-refractivity contribution in [1.29, 1.82) is 0 Å². The Bertz CT molecular complexity index is 243. The second kappa shape index (κ2) is 4.66. The van der Waals surface area contributed by atoms with Crippen LogP contribution in [0.1, 0.15) is 30.9 Å². The Labute approximate surface area is 83.1 Å². The van der Waals surface area contributed by atoms with Crippen LogP contribution in [0.4, 0.5) is 0 Å². The Morgan fingerprint density at radius 3 is 2.58 bits per heavy atom. The Morgan fingerprint density at radius 2 is 2.00 bits per heavy atom. The first-order valence-corrected chi connectivity index (χ1v) is 5.55. The first-order valence-electron chi connectivity index (χ1n) is 4.43. The maximum absolute atomic E-state index is 3.51. The molecule has 0 bridgehead atoms. The molecule has 0 unspecified atom stereocenters. The SMILES string of the molecule is CCc1ccccc1[C@@H](C)CBr. The van der Waals surface area contributed by atoms with E-state index in [4.69, 9.17) is 0 Å². The molecule has 0 aliphatic rings. The lowest BCUT2D eigenvalue weighted by Gasteiger charge is -2.12. The molecule has 0 radical (unpaired) electrons. The number of rotatable bonds is 3. The molecule has 0 aromatic heterocycles. The molecule has 0 spiro atoms. The van der Waals surface area contributed by atoms with Crippen molar-refractivity contribution in [1.82, 2.24) is 0 Å². The van der Waals surface area contributed by atoms with Crippen molar-refractivity contribution in [2.45, 2.75) is 26.2 Å². The largest absolute Gasteiger partial charge is 0.0922 e. The van der Waals surface area contributed by atoms with Crippen LogP contribution in [0.2, 0.25) is 0 Å². The number of halogens is 1. The van der Waals surface area contributed by atoms with Gasteiger partial charge in [-0.2, -0.15) is 0 Å². The van der Waals surface area contributed by atoms with E-state index in [0.29, 0.717) is 5.92 Å². The summed E-state index contributed by atoms with van der Waals surface area (Å²) >= 11 is 3.51. The van der Waals surface area contributed by atoms with Crippen molar-refractivity contribution in [3.8, 4) is 0 Å². The van der Waals surface area contributed by atoms with Crippen LogP contribution in [0, 0.1) is 0 Å². The van der Waals surface area contributed by atoms with Gasteiger partial charge in [-0.1, -0.05) is 54.0 Å². The topological polar surface area (TPSA) is 0 Å². The highest BCUT2D eigenvalue weighted by Gasteiger charge is 2.06. The molecule has 0 aliphatic heterocycles. The molecule has 0 heterocycles. The second-order valence-corrected chi connectivity index (χ2v) is 3.76. The zero-order chi connectivity index (χ0) is 8.97. The predicted molar refractivity (Wildman–Crippen MR) is 58.0 cm³/mol. The van der Waals surface area contributed by atoms with Gasteiger partial charge in [0.05, 0.1) is 0 Å². The molecule has 66 valence electrons. The Hall–Kier alpha value is -0.300. The third kappa shape index (κ3) is 2.10. The molecule has 0 saturated carbocycles. The summed E-state index contributed by atoms with van der Waals surface area (Å²) in [7, 11) is 0. The van der Waals surface area contributed by atoms with E-state index < -0.39 is 0 Å². The van der Waals surface area contributed by atoms with Gasteiger partial charge < -0.3 is 0 Å². The summed E-state index contributed by atoms with van der Waals surface area (Å²) < 4.78 is 0. The molecule has 0 saturated heterocycles. The maximum atomic E-state index is 3.51. The molecular formula is C11H15Br. The summed E-state index contributed by atoms with van der Waals surface area (Å²) in [4.78, 5) is 0. The van der Waals surface area contributed by atoms with Gasteiger partial charge in [0.15, 0.2) is 0 Å². The third-order valence-electron chi connectivity index (χ3n) is 2.20. The zero-order valence-corrected chi connectivity index (χ0v) is 9.26. The Morgan fingerprint density at radius 1 is 1.33 bits per heavy atom. The molecule has 1 aromatic rings. The molecule has 1 atom stereocenters. The molecule has 0 amide bonds. The molecule has 12 heavy (non-hydrogen) atoms. The minimum atomic E-state index is 0.626. The van der Waals surface area contributed by atoms with Gasteiger partial charge in [0, 0.05) is 5.33 Å². The summed E-state index contributed by atoms with van der Waals surface area (Å²) in [5.41, 5.74) is 2.96. The van der Waals surface area contributed by atoms with E-state index >= 15 is 0 Å². The minimum Gasteiger partial charge on any atom is -0.0922 e. The average Bonchev–Trinajstić information content (AvgIpc) is 2.16. The number of hydrogen-bond donors (Lipinski definition) is 0. The fourth-order valence-corrected chi connectivity index (χ4v) is 1.77. The second-order valence-electron chi connectivity index (χ2n) is 3.11. The van der Waals surface area contributed by atoms with Crippen LogP contribution >= 0.6 is 15.9 Å². The van der Waals surface area contributed by atoms with Gasteiger partial charge in [-0.25, -0.2) is 0 Å². The first-order chi connectivity index (χ1) is 5.79. The van der Waals surface area contributed by atoms with Gasteiger partial charge in [-0.15, -0.1) is 0 Å². The van der Waals surface area contributed by atoms with Crippen LogP contribution in [-0.4, -0.2) is 5.33 Å². The number of alkyl halides is 1. The number of benzene rings is 1. The van der Waals surface area contributed by atoms with Gasteiger partial charge in [0.1, 0.15) is 0 Å². The normalized spacial score (nSPS) is 12.9. The third-order valence-corrected chi connectivity index (χ3v) is 3.17. The lowest BCUT2D eigenvalue weighted by Crippen LogP contribution is -1.98. The highest BCUT2D eigenvalue weighted by molar-refractivity contribution is 9.09. The van der Waals surface area contributed by atoms with Crippen molar-refractivity contribution < 1.29 is 0 Å². The average molecular weight is 227 g/mol. The van der Waals surface area contributed by atoms with Crippen LogP contribution in [0.15, 0.2) is 24.3 Å². The first kappa shape index (κ1) is 9.79. The molecule has 1 rings (SSSR count). The number of hydrogen-bond acceptors (Lipinski definition) is 0. The summed E-state index contributed by atoms with van der Waals surface area (Å²) in [6, 6.07) is 8.68. The van der Waals surface area contributed by atoms with Crippen molar-refractivity contribution in [2.75, 3.05) is 5.33 Å². The fourth-order valence-electron chi connectivity index (χ4n) is 1.42. The van der Waals surface area contributed by atoms with Crippen LogP contribution in [-0.2, 0) is 6.42 Å². The lowest BCUT2D eigenvalue weighted by atomic mass is 9.96. The van der Waals surface area contributed by atoms with Crippen LogP contribution in [0.25, 0.3) is 0 Å². The Kier molecular flexibility index (Phi) is 3.80. The molecule has 0 nitrogen and oxygen atoms in total. The van der Waals surface area contributed by atoms with E-state index in [9.17, 15) is 0 Å². The van der Waals surface area contributed by atoms with Gasteiger partial charge in [0.2, 0.25) is 0 Å². The van der Waals surface area contributed by atoms with E-state index in [1.54, 1.807) is 0 Å². The lowest BCUT2D eigenvalue weighted by molar-refractivity contribution is 0.863. The summed E-state index contributed by atoms with van der Waals surface area (Å²) in [5, 5.41) is 1.05. The van der Waals surface area contributed by atoms with E-state index in [-0.39, 0.29) is 0 Å². The van der Waals surface area contributed by atoms with E-state index in [0.717, 1.165) is 11.8 Å². The van der Waals surface area contributed by atoms with Gasteiger partial charge >= 0.3 is 0 Å². The molecule has 0 N–H and O–H groups in total. The van der Waals surface area contributed by atoms with Crippen molar-refractivity contribution in [3.63, 3.8) is 0 Å². The summed E-state index contributed by atoms with van der Waals surface area (Å²) in [5.74, 6) is 0.626. The zero-order valence-electron chi connectivity index (χ0n) is 7.68. The molecule has 1 heteroatoms. The molecular weight excluding hydrogens is 212 g/mol. The van der Waals surface area contributed by atoms with Gasteiger partial charge in [-0.05, 0) is 23.5 Å². The van der Waals surface area contributed by atoms with Gasteiger partial charge in [-0.3, -0.25) is 0 Å². The van der Waals surface area contributed by atoms with Crippen LogP contribution in [0.5, 0.6) is 0 Å². The Balaban J connectivity index is 2.96. The minimum absolute atomic E-state index is 0.626. The highest BCUT2D eigenvalue weighted by Crippen LogP contribution is 2.21. The monoisotopic (exact) mass is 226 g/mol. The highest BCUT2D eigenvalue weighted by atomic mass is 79.9. The van der Waals surface area contributed by atoms with Gasteiger partial charge in [0.25, 0.3) is 0 Å². The maximum Gasteiger partial charge on any atom is 0.00976 e. The van der Waals surface area contributed by atoms with Crippen LogP contribution in [0.3, 0.4) is 0 Å². The quantitative estimate of drug-likeness (QED) is 0.690. The molecule has 1 aromatic carbocycles. The van der Waals surface area contributed by atoms with Crippen molar-refractivity contribution in [2.24, 2.45) is 0 Å². The fraction of sp³-hybridized carbons (Fsp3) is 0.455. The van der Waals surface area contributed by atoms with Crippen molar-refractivity contribution in [3.05, 3.63) is 35.4 Å². The predicted octanol–water partition coefficient (Wildman–Crippen LogP) is 3.75. The standard InChI is InChI=1S/C11H15Br/c1-3-10-6-4-5-7-11(10)9(2)8-12/h4-7,9H,3,8H2,1-2H3/t9-/m0/s1. The molecule has 0 fully saturated rings.